The highest BCUT2D eigenvalue weighted by Gasteiger charge is 2.28. The average molecular weight is 386 g/mol. The molecule has 1 aliphatic heterocycles. The van der Waals surface area contributed by atoms with E-state index in [1.807, 2.05) is 19.1 Å². The maximum absolute atomic E-state index is 12.9. The van der Waals surface area contributed by atoms with Crippen LogP contribution >= 0.6 is 0 Å². The summed E-state index contributed by atoms with van der Waals surface area (Å²) in [6.07, 6.45) is 2.92. The molecule has 1 aromatic carbocycles. The van der Waals surface area contributed by atoms with Gasteiger partial charge in [-0.15, -0.1) is 0 Å². The zero-order chi connectivity index (χ0) is 19.4. The number of hydrogen-bond donors (Lipinski definition) is 1. The first-order chi connectivity index (χ1) is 12.9. The number of aromatic nitrogens is 1. The second-order valence-electron chi connectivity index (χ2n) is 6.30. The molecule has 0 radical (unpaired) electrons. The van der Waals surface area contributed by atoms with Gasteiger partial charge in [0.25, 0.3) is 0 Å². The van der Waals surface area contributed by atoms with E-state index in [4.69, 9.17) is 0 Å². The quantitative estimate of drug-likeness (QED) is 0.795. The van der Waals surface area contributed by atoms with E-state index in [1.54, 1.807) is 18.3 Å². The van der Waals surface area contributed by atoms with Crippen molar-refractivity contribution in [3.8, 4) is 0 Å². The van der Waals surface area contributed by atoms with Gasteiger partial charge in [0.15, 0.2) is 0 Å². The molecule has 3 rings (SSSR count). The summed E-state index contributed by atoms with van der Waals surface area (Å²) in [6.45, 7) is 7.36. The number of sulfonamides is 1. The molecule has 1 fully saturated rings. The molecule has 1 amide bonds. The third kappa shape index (κ3) is 4.35. The standard InChI is InChI=1S/C19H22N4O3S/c1-3-19(24)21-16-4-6-17(7-5-16)27(25,26)23-12-10-22(11-13-23)18-14-15(2)8-9-20-18/h3-9,14H,1,10-13H2,2H3,(H,21,24). The van der Waals surface area contributed by atoms with Crippen LogP contribution in [0.5, 0.6) is 0 Å². The molecule has 1 aromatic heterocycles. The van der Waals surface area contributed by atoms with Gasteiger partial charge in [-0.3, -0.25) is 4.79 Å². The number of aryl methyl sites for hydroxylation is 1. The highest BCUT2D eigenvalue weighted by Crippen LogP contribution is 2.22. The van der Waals surface area contributed by atoms with Crippen LogP contribution in [0.3, 0.4) is 0 Å². The van der Waals surface area contributed by atoms with Crippen LogP contribution in [-0.4, -0.2) is 49.8 Å². The highest BCUT2D eigenvalue weighted by atomic mass is 32.2. The Morgan fingerprint density at radius 3 is 2.41 bits per heavy atom. The molecular weight excluding hydrogens is 364 g/mol. The molecule has 2 aromatic rings. The van der Waals surface area contributed by atoms with Gasteiger partial charge in [0, 0.05) is 38.1 Å². The Labute approximate surface area is 159 Å². The average Bonchev–Trinajstić information content (AvgIpc) is 2.68. The van der Waals surface area contributed by atoms with Gasteiger partial charge in [0.1, 0.15) is 5.82 Å². The minimum Gasteiger partial charge on any atom is -0.354 e. The number of benzene rings is 1. The van der Waals surface area contributed by atoms with Crippen molar-refractivity contribution in [2.45, 2.75) is 11.8 Å². The van der Waals surface area contributed by atoms with Crippen LogP contribution in [0.15, 0.2) is 60.1 Å². The maximum Gasteiger partial charge on any atom is 0.247 e. The fourth-order valence-corrected chi connectivity index (χ4v) is 4.33. The molecule has 8 heteroatoms. The molecule has 0 saturated carbocycles. The fourth-order valence-electron chi connectivity index (χ4n) is 2.90. The lowest BCUT2D eigenvalue weighted by Crippen LogP contribution is -2.48. The minimum atomic E-state index is -3.57. The number of piperazine rings is 1. The molecule has 142 valence electrons. The zero-order valence-electron chi connectivity index (χ0n) is 15.1. The topological polar surface area (TPSA) is 82.6 Å². The molecule has 1 aliphatic rings. The number of anilines is 2. The predicted octanol–water partition coefficient (Wildman–Crippen LogP) is 2.03. The van der Waals surface area contributed by atoms with Crippen LogP contribution in [0.4, 0.5) is 11.5 Å². The first-order valence-corrected chi connectivity index (χ1v) is 10.1. The van der Waals surface area contributed by atoms with Gasteiger partial charge in [-0.05, 0) is 55.0 Å². The Kier molecular flexibility index (Phi) is 5.57. The Hall–Kier alpha value is -2.71. The molecule has 1 N–H and O–H groups in total. The SMILES string of the molecule is C=CC(=O)Nc1ccc(S(=O)(=O)N2CCN(c3cc(C)ccn3)CC2)cc1. The molecule has 0 spiro atoms. The zero-order valence-corrected chi connectivity index (χ0v) is 15.9. The van der Waals surface area contributed by atoms with Gasteiger partial charge in [-0.25, -0.2) is 13.4 Å². The summed E-state index contributed by atoms with van der Waals surface area (Å²) in [5.41, 5.74) is 1.65. The van der Waals surface area contributed by atoms with Crippen molar-refractivity contribution in [2.24, 2.45) is 0 Å². The normalized spacial score (nSPS) is 15.4. The number of nitrogens with zero attached hydrogens (tertiary/aromatic N) is 3. The van der Waals surface area contributed by atoms with Crippen LogP contribution in [0, 0.1) is 6.92 Å². The van der Waals surface area contributed by atoms with E-state index < -0.39 is 10.0 Å². The minimum absolute atomic E-state index is 0.209. The number of carbonyl (C=O) groups excluding carboxylic acids is 1. The smallest absolute Gasteiger partial charge is 0.247 e. The third-order valence-corrected chi connectivity index (χ3v) is 6.32. The number of carbonyl (C=O) groups is 1. The van der Waals surface area contributed by atoms with Crippen molar-refractivity contribution in [3.63, 3.8) is 0 Å². The molecule has 27 heavy (non-hydrogen) atoms. The Bertz CT molecular complexity index is 934. The van der Waals surface area contributed by atoms with Gasteiger partial charge in [0.05, 0.1) is 4.90 Å². The van der Waals surface area contributed by atoms with Crippen molar-refractivity contribution in [1.82, 2.24) is 9.29 Å². The van der Waals surface area contributed by atoms with Gasteiger partial charge in [0.2, 0.25) is 15.9 Å². The summed E-state index contributed by atoms with van der Waals surface area (Å²) >= 11 is 0. The molecule has 0 bridgehead atoms. The van der Waals surface area contributed by atoms with Gasteiger partial charge in [-0.2, -0.15) is 4.31 Å². The van der Waals surface area contributed by atoms with Crippen LogP contribution in [-0.2, 0) is 14.8 Å². The van der Waals surface area contributed by atoms with E-state index >= 15 is 0 Å². The van der Waals surface area contributed by atoms with E-state index in [1.165, 1.54) is 16.4 Å². The Balaban J connectivity index is 1.67. The number of hydrogen-bond acceptors (Lipinski definition) is 5. The van der Waals surface area contributed by atoms with E-state index in [0.29, 0.717) is 31.9 Å². The Morgan fingerprint density at radius 2 is 1.81 bits per heavy atom. The Morgan fingerprint density at radius 1 is 1.15 bits per heavy atom. The first kappa shape index (κ1) is 19.1. The lowest BCUT2D eigenvalue weighted by atomic mass is 10.2. The van der Waals surface area contributed by atoms with Crippen LogP contribution in [0.25, 0.3) is 0 Å². The summed E-state index contributed by atoms with van der Waals surface area (Å²) in [6, 6.07) is 10.1. The number of rotatable bonds is 5. The highest BCUT2D eigenvalue weighted by molar-refractivity contribution is 7.89. The van der Waals surface area contributed by atoms with Crippen molar-refractivity contribution >= 4 is 27.4 Å². The van der Waals surface area contributed by atoms with Crippen LogP contribution < -0.4 is 10.2 Å². The monoisotopic (exact) mass is 386 g/mol. The second-order valence-corrected chi connectivity index (χ2v) is 8.24. The molecule has 1 saturated heterocycles. The molecule has 0 atom stereocenters. The maximum atomic E-state index is 12.9. The number of amides is 1. The van der Waals surface area contributed by atoms with Gasteiger partial charge in [-0.1, -0.05) is 6.58 Å². The molecule has 0 unspecified atom stereocenters. The summed E-state index contributed by atoms with van der Waals surface area (Å²) in [7, 11) is -3.57. The fraction of sp³-hybridized carbons (Fsp3) is 0.263. The van der Waals surface area contributed by atoms with E-state index in [2.05, 4.69) is 21.8 Å². The van der Waals surface area contributed by atoms with E-state index in [-0.39, 0.29) is 10.8 Å². The largest absolute Gasteiger partial charge is 0.354 e. The first-order valence-electron chi connectivity index (χ1n) is 8.61. The van der Waals surface area contributed by atoms with E-state index in [0.717, 1.165) is 17.5 Å². The van der Waals surface area contributed by atoms with Crippen molar-refractivity contribution in [1.29, 1.82) is 0 Å². The van der Waals surface area contributed by atoms with E-state index in [9.17, 15) is 13.2 Å². The van der Waals surface area contributed by atoms with Crippen molar-refractivity contribution < 1.29 is 13.2 Å². The summed E-state index contributed by atoms with van der Waals surface area (Å²) < 4.78 is 27.2. The molecular formula is C19H22N4O3S. The number of pyridine rings is 1. The molecule has 0 aliphatic carbocycles. The lowest BCUT2D eigenvalue weighted by Gasteiger charge is -2.34. The van der Waals surface area contributed by atoms with Crippen LogP contribution in [0.1, 0.15) is 5.56 Å². The lowest BCUT2D eigenvalue weighted by molar-refractivity contribution is -0.111. The number of nitrogens with one attached hydrogen (secondary N) is 1. The third-order valence-electron chi connectivity index (χ3n) is 4.41. The molecule has 7 nitrogen and oxygen atoms in total. The summed E-state index contributed by atoms with van der Waals surface area (Å²) in [4.78, 5) is 18.0. The van der Waals surface area contributed by atoms with Gasteiger partial charge < -0.3 is 10.2 Å². The van der Waals surface area contributed by atoms with Crippen molar-refractivity contribution in [3.05, 3.63) is 60.8 Å². The second kappa shape index (κ2) is 7.89. The predicted molar refractivity (Wildman–Crippen MR) is 105 cm³/mol. The van der Waals surface area contributed by atoms with Crippen molar-refractivity contribution in [2.75, 3.05) is 36.4 Å². The summed E-state index contributed by atoms with van der Waals surface area (Å²) in [5.74, 6) is 0.529. The molecule has 2 heterocycles. The van der Waals surface area contributed by atoms with Gasteiger partial charge >= 0.3 is 0 Å². The summed E-state index contributed by atoms with van der Waals surface area (Å²) in [5, 5.41) is 2.60. The van der Waals surface area contributed by atoms with Crippen LogP contribution in [0.2, 0.25) is 0 Å².